The number of ether oxygens (including phenoxy) is 2. The molecule has 0 radical (unpaired) electrons. The second-order valence-corrected chi connectivity index (χ2v) is 6.52. The molecule has 1 aromatic heterocycles. The van der Waals surface area contributed by atoms with Crippen molar-refractivity contribution in [3.05, 3.63) is 41.6 Å². The first-order valence-electron chi connectivity index (χ1n) is 8.30. The van der Waals surface area contributed by atoms with E-state index < -0.39 is 0 Å². The van der Waals surface area contributed by atoms with Gasteiger partial charge in [0.15, 0.2) is 5.82 Å². The first-order valence-corrected chi connectivity index (χ1v) is 8.30. The van der Waals surface area contributed by atoms with E-state index in [2.05, 4.69) is 17.0 Å². The summed E-state index contributed by atoms with van der Waals surface area (Å²) in [4.78, 5) is 12.0. The molecule has 3 aliphatic heterocycles. The lowest BCUT2D eigenvalue weighted by Crippen LogP contribution is -2.43. The molecular weight excluding hydrogens is 290 g/mol. The Morgan fingerprint density at radius 1 is 0.957 bits per heavy atom. The van der Waals surface area contributed by atoms with E-state index in [1.54, 1.807) is 0 Å². The van der Waals surface area contributed by atoms with Gasteiger partial charge in [0.2, 0.25) is 0 Å². The van der Waals surface area contributed by atoms with Gasteiger partial charge < -0.3 is 14.4 Å². The van der Waals surface area contributed by atoms with Crippen molar-refractivity contribution in [1.29, 1.82) is 0 Å². The van der Waals surface area contributed by atoms with Crippen LogP contribution in [0.2, 0.25) is 0 Å². The van der Waals surface area contributed by atoms with Gasteiger partial charge in [-0.3, -0.25) is 0 Å². The zero-order valence-electron chi connectivity index (χ0n) is 12.9. The number of anilines is 1. The number of hydrogen-bond acceptors (Lipinski definition) is 5. The van der Waals surface area contributed by atoms with Crippen molar-refractivity contribution >= 4 is 5.82 Å². The highest BCUT2D eigenvalue weighted by Crippen LogP contribution is 2.34. The molecule has 2 fully saturated rings. The smallest absolute Gasteiger partial charge is 0.161 e. The minimum Gasteiger partial charge on any atom is -0.371 e. The molecule has 5 heteroatoms. The molecule has 0 saturated carbocycles. The molecule has 118 valence electrons. The van der Waals surface area contributed by atoms with Crippen LogP contribution in [-0.4, -0.2) is 35.3 Å². The molecule has 2 atom stereocenters. The molecular formula is C18H19N3O2. The van der Waals surface area contributed by atoms with Crippen molar-refractivity contribution in [2.45, 2.75) is 38.3 Å². The van der Waals surface area contributed by atoms with Crippen LogP contribution in [0.1, 0.15) is 24.1 Å². The molecule has 5 rings (SSSR count). The molecule has 0 aliphatic carbocycles. The highest BCUT2D eigenvalue weighted by atomic mass is 16.5. The van der Waals surface area contributed by atoms with E-state index in [9.17, 15) is 0 Å². The van der Waals surface area contributed by atoms with E-state index in [0.29, 0.717) is 25.4 Å². The van der Waals surface area contributed by atoms with E-state index in [0.717, 1.165) is 54.4 Å². The van der Waals surface area contributed by atoms with Gasteiger partial charge in [0, 0.05) is 24.2 Å². The Kier molecular flexibility index (Phi) is 3.09. The predicted molar refractivity (Wildman–Crippen MR) is 86.1 cm³/mol. The highest BCUT2D eigenvalue weighted by Gasteiger charge is 2.36. The summed E-state index contributed by atoms with van der Waals surface area (Å²) in [6, 6.07) is 10.2. The van der Waals surface area contributed by atoms with E-state index in [4.69, 9.17) is 19.4 Å². The van der Waals surface area contributed by atoms with Crippen molar-refractivity contribution in [2.24, 2.45) is 0 Å². The summed E-state index contributed by atoms with van der Waals surface area (Å²) in [5.74, 6) is 1.84. The molecule has 4 heterocycles. The van der Waals surface area contributed by atoms with Crippen LogP contribution in [0, 0.1) is 0 Å². The van der Waals surface area contributed by atoms with Crippen LogP contribution in [0.5, 0.6) is 0 Å². The molecule has 5 nitrogen and oxygen atoms in total. The molecule has 2 bridgehead atoms. The van der Waals surface area contributed by atoms with Gasteiger partial charge in [0.25, 0.3) is 0 Å². The maximum Gasteiger partial charge on any atom is 0.161 e. The maximum atomic E-state index is 5.97. The van der Waals surface area contributed by atoms with E-state index in [-0.39, 0.29) is 0 Å². The number of benzene rings is 1. The van der Waals surface area contributed by atoms with Crippen molar-refractivity contribution in [3.8, 4) is 11.4 Å². The van der Waals surface area contributed by atoms with Gasteiger partial charge in [0.1, 0.15) is 5.82 Å². The number of hydrogen-bond donors (Lipinski definition) is 0. The van der Waals surface area contributed by atoms with Gasteiger partial charge in [-0.05, 0) is 12.8 Å². The molecule has 0 amide bonds. The van der Waals surface area contributed by atoms with Crippen LogP contribution in [0.15, 0.2) is 30.3 Å². The van der Waals surface area contributed by atoms with Gasteiger partial charge >= 0.3 is 0 Å². The number of fused-ring (bicyclic) bond motifs is 3. The quantitative estimate of drug-likeness (QED) is 0.853. The topological polar surface area (TPSA) is 47.5 Å². The van der Waals surface area contributed by atoms with Gasteiger partial charge in [-0.2, -0.15) is 0 Å². The molecule has 2 aromatic rings. The van der Waals surface area contributed by atoms with Crippen LogP contribution < -0.4 is 4.90 Å². The van der Waals surface area contributed by atoms with Gasteiger partial charge in [-0.15, -0.1) is 0 Å². The lowest BCUT2D eigenvalue weighted by Gasteiger charge is -2.34. The second kappa shape index (κ2) is 5.28. The van der Waals surface area contributed by atoms with E-state index >= 15 is 0 Å². The Morgan fingerprint density at radius 3 is 2.52 bits per heavy atom. The fourth-order valence-electron chi connectivity index (χ4n) is 3.80. The van der Waals surface area contributed by atoms with Crippen molar-refractivity contribution in [1.82, 2.24) is 9.97 Å². The zero-order valence-corrected chi connectivity index (χ0v) is 12.9. The standard InChI is InChI=1S/C18H19N3O2/c1-2-4-12(5-3-1)17-19-16-11-22-10-15(16)18(20-17)21-8-13-6-7-14(9-21)23-13/h1-5,13-14H,6-11H2. The summed E-state index contributed by atoms with van der Waals surface area (Å²) in [5.41, 5.74) is 3.25. The molecule has 2 saturated heterocycles. The van der Waals surface area contributed by atoms with Crippen LogP contribution in [-0.2, 0) is 22.7 Å². The second-order valence-electron chi connectivity index (χ2n) is 6.52. The van der Waals surface area contributed by atoms with Crippen LogP contribution in [0.3, 0.4) is 0 Å². The SMILES string of the molecule is c1ccc(-c2nc3c(c(N4CC5CCC(C4)O5)n2)COC3)cc1. The predicted octanol–water partition coefficient (Wildman–Crippen LogP) is 2.54. The van der Waals surface area contributed by atoms with E-state index in [1.165, 1.54) is 0 Å². The average Bonchev–Trinajstić information content (AvgIpc) is 3.20. The van der Waals surface area contributed by atoms with E-state index in [1.807, 2.05) is 18.2 Å². The Hall–Kier alpha value is -1.98. The van der Waals surface area contributed by atoms with Crippen molar-refractivity contribution < 1.29 is 9.47 Å². The molecule has 23 heavy (non-hydrogen) atoms. The van der Waals surface area contributed by atoms with Gasteiger partial charge in [-0.25, -0.2) is 9.97 Å². The maximum absolute atomic E-state index is 5.97. The van der Waals surface area contributed by atoms with Crippen molar-refractivity contribution in [3.63, 3.8) is 0 Å². The highest BCUT2D eigenvalue weighted by molar-refractivity contribution is 5.61. The fourth-order valence-corrected chi connectivity index (χ4v) is 3.80. The number of rotatable bonds is 2. The summed E-state index contributed by atoms with van der Waals surface area (Å²) in [6.45, 7) is 3.05. The molecule has 0 N–H and O–H groups in total. The zero-order chi connectivity index (χ0) is 15.2. The summed E-state index contributed by atoms with van der Waals surface area (Å²) >= 11 is 0. The largest absolute Gasteiger partial charge is 0.371 e. The molecule has 3 aliphatic rings. The van der Waals surface area contributed by atoms with Crippen LogP contribution in [0.25, 0.3) is 11.4 Å². The number of aromatic nitrogens is 2. The Labute approximate surface area is 135 Å². The summed E-state index contributed by atoms with van der Waals surface area (Å²) in [5, 5.41) is 0. The summed E-state index contributed by atoms with van der Waals surface area (Å²) in [6.07, 6.45) is 3.02. The van der Waals surface area contributed by atoms with Gasteiger partial charge in [-0.1, -0.05) is 30.3 Å². The van der Waals surface area contributed by atoms with Crippen molar-refractivity contribution in [2.75, 3.05) is 18.0 Å². The Balaban J connectivity index is 1.59. The Morgan fingerprint density at radius 2 is 1.74 bits per heavy atom. The summed E-state index contributed by atoms with van der Waals surface area (Å²) in [7, 11) is 0. The molecule has 0 spiro atoms. The minimum absolute atomic E-state index is 0.349. The first kappa shape index (κ1) is 13.5. The fraction of sp³-hybridized carbons (Fsp3) is 0.444. The first-order chi connectivity index (χ1) is 11.4. The normalized spacial score (nSPS) is 25.7. The molecule has 1 aromatic carbocycles. The lowest BCUT2D eigenvalue weighted by atomic mass is 10.1. The van der Waals surface area contributed by atoms with Crippen LogP contribution >= 0.6 is 0 Å². The third-order valence-corrected chi connectivity index (χ3v) is 4.93. The third-order valence-electron chi connectivity index (χ3n) is 4.93. The third kappa shape index (κ3) is 2.31. The van der Waals surface area contributed by atoms with Crippen LogP contribution in [0.4, 0.5) is 5.82 Å². The minimum atomic E-state index is 0.349. The monoisotopic (exact) mass is 309 g/mol. The Bertz CT molecular complexity index is 723. The average molecular weight is 309 g/mol. The molecule has 2 unspecified atom stereocenters. The summed E-state index contributed by atoms with van der Waals surface area (Å²) < 4.78 is 11.6. The van der Waals surface area contributed by atoms with Gasteiger partial charge in [0.05, 0.1) is 31.1 Å². The number of nitrogens with zero attached hydrogens (tertiary/aromatic N) is 3. The lowest BCUT2D eigenvalue weighted by molar-refractivity contribution is 0.0301. The number of morpholine rings is 1.